The summed E-state index contributed by atoms with van der Waals surface area (Å²) in [5.74, 6) is -1.14. The Hall–Kier alpha value is -4.22. The van der Waals surface area contributed by atoms with Gasteiger partial charge in [-0.1, -0.05) is 49.2 Å². The number of aromatic amines is 1. The predicted molar refractivity (Wildman–Crippen MR) is 192 cm³/mol. The number of hydrogen-bond acceptors (Lipinski definition) is 7. The second kappa shape index (κ2) is 13.4. The van der Waals surface area contributed by atoms with Gasteiger partial charge in [-0.3, -0.25) is 19.3 Å². The highest BCUT2D eigenvalue weighted by Gasteiger charge is 2.60. The van der Waals surface area contributed by atoms with Gasteiger partial charge in [0.25, 0.3) is 5.91 Å². The van der Waals surface area contributed by atoms with Crippen molar-refractivity contribution in [2.24, 2.45) is 5.92 Å². The van der Waals surface area contributed by atoms with E-state index in [0.717, 1.165) is 54.3 Å². The first-order valence-electron chi connectivity index (χ1n) is 18.9. The fraction of sp³-hybridized carbons (Fsp3) is 0.525. The van der Waals surface area contributed by atoms with Crippen molar-refractivity contribution in [3.05, 3.63) is 78.1 Å². The number of likely N-dealkylation sites (tertiary alicyclic amines) is 1. The Balaban J connectivity index is 0.913. The Morgan fingerprint density at radius 2 is 1.71 bits per heavy atom. The number of anilines is 1. The summed E-state index contributed by atoms with van der Waals surface area (Å²) in [5, 5.41) is 4.26. The number of carbonyl (C=O) groups is 3. The van der Waals surface area contributed by atoms with Crippen LogP contribution in [0.3, 0.4) is 0 Å². The number of hydrogen-bond donors (Lipinski definition) is 2. The molecule has 0 bridgehead atoms. The summed E-state index contributed by atoms with van der Waals surface area (Å²) in [5.41, 5.74) is 3.30. The number of amides is 2. The third-order valence-electron chi connectivity index (χ3n) is 12.5. The van der Waals surface area contributed by atoms with Crippen LogP contribution in [0, 0.1) is 5.92 Å². The van der Waals surface area contributed by atoms with Gasteiger partial charge in [0.15, 0.2) is 5.78 Å². The SMILES string of the molecule is O=C(Cc1c[nH]c2ccccc12)NC1CCN(C2C(F)CC3C(=O)C(C(=O)N4CCN(c5ccccc5)CC4)=CN4C5CCCCC5OC2C34)C1. The fourth-order valence-electron chi connectivity index (χ4n) is 10.0. The maximum Gasteiger partial charge on any atom is 0.259 e. The number of halogens is 1. The molecule has 2 amide bonds. The average Bonchev–Trinajstić information content (AvgIpc) is 3.79. The van der Waals surface area contributed by atoms with Crippen molar-refractivity contribution in [1.82, 2.24) is 25.0 Å². The second-order valence-corrected chi connectivity index (χ2v) is 15.4. The third-order valence-corrected chi connectivity index (χ3v) is 12.5. The van der Waals surface area contributed by atoms with Crippen LogP contribution in [-0.4, -0.2) is 119 Å². The molecule has 10 nitrogen and oxygen atoms in total. The lowest BCUT2D eigenvalue weighted by Gasteiger charge is -2.60. The summed E-state index contributed by atoms with van der Waals surface area (Å²) < 4.78 is 23.5. The topological polar surface area (TPSA) is 101 Å². The minimum Gasteiger partial charge on any atom is -0.369 e. The van der Waals surface area contributed by atoms with Gasteiger partial charge in [-0.15, -0.1) is 0 Å². The minimum absolute atomic E-state index is 0.0426. The Bertz CT molecular complexity index is 1820. The van der Waals surface area contributed by atoms with Gasteiger partial charge in [-0.2, -0.15) is 0 Å². The van der Waals surface area contributed by atoms with E-state index in [-0.39, 0.29) is 60.2 Å². The molecular formula is C40H47FN6O4. The second-order valence-electron chi connectivity index (χ2n) is 15.4. The zero-order valence-electron chi connectivity index (χ0n) is 29.0. The Kier molecular flexibility index (Phi) is 8.58. The van der Waals surface area contributed by atoms with Gasteiger partial charge in [0, 0.05) is 80.2 Å². The number of nitrogens with zero attached hydrogens (tertiary/aromatic N) is 4. The number of aromatic nitrogens is 1. The largest absolute Gasteiger partial charge is 0.369 e. The van der Waals surface area contributed by atoms with Crippen LogP contribution in [-0.2, 0) is 25.5 Å². The summed E-state index contributed by atoms with van der Waals surface area (Å²) in [6.07, 6.45) is 6.91. The molecule has 1 aromatic heterocycles. The highest BCUT2D eigenvalue weighted by molar-refractivity contribution is 6.20. The van der Waals surface area contributed by atoms with Crippen LogP contribution in [0.15, 0.2) is 72.6 Å². The van der Waals surface area contributed by atoms with Crippen molar-refractivity contribution in [2.45, 2.75) is 87.5 Å². The number of alkyl halides is 1. The van der Waals surface area contributed by atoms with Gasteiger partial charge >= 0.3 is 0 Å². The maximum atomic E-state index is 16.6. The Morgan fingerprint density at radius 3 is 2.55 bits per heavy atom. The molecule has 268 valence electrons. The molecule has 11 heteroatoms. The van der Waals surface area contributed by atoms with Crippen molar-refractivity contribution < 1.29 is 23.5 Å². The van der Waals surface area contributed by atoms with E-state index in [9.17, 15) is 14.4 Å². The van der Waals surface area contributed by atoms with E-state index in [0.29, 0.717) is 39.3 Å². The Labute approximate surface area is 297 Å². The third kappa shape index (κ3) is 5.92. The molecule has 8 atom stereocenters. The molecule has 8 unspecified atom stereocenters. The number of benzene rings is 2. The van der Waals surface area contributed by atoms with Crippen LogP contribution in [0.1, 0.15) is 44.1 Å². The van der Waals surface area contributed by atoms with Gasteiger partial charge in [0.05, 0.1) is 42.3 Å². The molecule has 0 radical (unpaired) electrons. The molecule has 0 spiro atoms. The fourth-order valence-corrected chi connectivity index (χ4v) is 10.0. The molecule has 2 aliphatic carbocycles. The molecule has 2 saturated carbocycles. The van der Waals surface area contributed by atoms with Crippen LogP contribution >= 0.6 is 0 Å². The van der Waals surface area contributed by atoms with Gasteiger partial charge in [-0.05, 0) is 49.4 Å². The number of ketones is 1. The summed E-state index contributed by atoms with van der Waals surface area (Å²) in [4.78, 5) is 53.2. The molecule has 4 aliphatic heterocycles. The van der Waals surface area contributed by atoms with Crippen LogP contribution in [0.25, 0.3) is 10.9 Å². The van der Waals surface area contributed by atoms with Crippen molar-refractivity contribution in [2.75, 3.05) is 44.2 Å². The molecule has 5 heterocycles. The van der Waals surface area contributed by atoms with Gasteiger partial charge in [-0.25, -0.2) is 4.39 Å². The van der Waals surface area contributed by atoms with E-state index in [2.05, 4.69) is 37.1 Å². The number of fused-ring (bicyclic) bond motifs is 3. The van der Waals surface area contributed by atoms with E-state index in [4.69, 9.17) is 4.74 Å². The van der Waals surface area contributed by atoms with Gasteiger partial charge < -0.3 is 29.7 Å². The standard InChI is InChI=1S/C40H47FN6O4/c41-31-21-29-36-39(37(31)46-15-14-26(23-46)43-35(48)20-25-22-42-32-11-5-4-10-28(25)32)51-34-13-7-6-12-33(34)47(36)24-30(38(29)49)40(50)45-18-16-44(17-19-45)27-8-2-1-3-9-27/h1-5,8-11,22,24,26,29,31,33-34,36-37,39,42H,6-7,12-21,23H2,(H,43,48). The maximum absolute atomic E-state index is 16.6. The first-order valence-corrected chi connectivity index (χ1v) is 18.9. The number of morpholine rings is 1. The predicted octanol–water partition coefficient (Wildman–Crippen LogP) is 3.82. The first-order chi connectivity index (χ1) is 24.9. The highest BCUT2D eigenvalue weighted by Crippen LogP contribution is 2.47. The number of nitrogens with one attached hydrogen (secondary N) is 2. The van der Waals surface area contributed by atoms with Crippen molar-refractivity contribution in [3.8, 4) is 0 Å². The number of piperazine rings is 1. The van der Waals surface area contributed by atoms with Gasteiger partial charge in [0.2, 0.25) is 5.91 Å². The quantitative estimate of drug-likeness (QED) is 0.379. The first kappa shape index (κ1) is 32.7. The van der Waals surface area contributed by atoms with E-state index in [1.54, 1.807) is 4.90 Å². The smallest absolute Gasteiger partial charge is 0.259 e. The monoisotopic (exact) mass is 694 g/mol. The van der Waals surface area contributed by atoms with E-state index in [1.807, 2.05) is 54.9 Å². The number of Topliss-reactive ketones (excluding diaryl/α,β-unsaturated/α-hetero) is 1. The number of para-hydroxylation sites is 2. The van der Waals surface area contributed by atoms with Crippen molar-refractivity contribution >= 4 is 34.2 Å². The summed E-state index contributed by atoms with van der Waals surface area (Å²) in [7, 11) is 0. The van der Waals surface area contributed by atoms with E-state index >= 15 is 4.39 Å². The average molecular weight is 695 g/mol. The van der Waals surface area contributed by atoms with E-state index in [1.165, 1.54) is 0 Å². The van der Waals surface area contributed by atoms with E-state index < -0.39 is 24.2 Å². The van der Waals surface area contributed by atoms with Crippen LogP contribution in [0.5, 0.6) is 0 Å². The molecule has 5 fully saturated rings. The highest BCUT2D eigenvalue weighted by atomic mass is 19.1. The zero-order valence-corrected chi connectivity index (χ0v) is 29.0. The molecule has 2 aromatic carbocycles. The van der Waals surface area contributed by atoms with Crippen molar-refractivity contribution in [1.29, 1.82) is 0 Å². The summed E-state index contributed by atoms with van der Waals surface area (Å²) in [6, 6.07) is 17.3. The number of rotatable bonds is 6. The van der Waals surface area contributed by atoms with Gasteiger partial charge in [0.1, 0.15) is 6.17 Å². The lowest BCUT2D eigenvalue weighted by atomic mass is 9.69. The zero-order chi connectivity index (χ0) is 34.6. The lowest BCUT2D eigenvalue weighted by molar-refractivity contribution is -0.210. The molecular weight excluding hydrogens is 647 g/mol. The molecule has 51 heavy (non-hydrogen) atoms. The lowest BCUT2D eigenvalue weighted by Crippen LogP contribution is -2.73. The molecule has 6 aliphatic rings. The minimum atomic E-state index is -1.29. The number of H-pyrrole nitrogens is 1. The van der Waals surface area contributed by atoms with Crippen LogP contribution in [0.4, 0.5) is 10.1 Å². The summed E-state index contributed by atoms with van der Waals surface area (Å²) >= 11 is 0. The molecule has 2 N–H and O–H groups in total. The summed E-state index contributed by atoms with van der Waals surface area (Å²) in [6.45, 7) is 3.65. The van der Waals surface area contributed by atoms with Crippen LogP contribution in [0.2, 0.25) is 0 Å². The molecule has 3 saturated heterocycles. The normalized spacial score (nSPS) is 32.4. The molecule has 9 rings (SSSR count). The molecule has 3 aromatic rings. The number of carbonyl (C=O) groups excluding carboxylic acids is 3. The Morgan fingerprint density at radius 1 is 0.922 bits per heavy atom. The number of ether oxygens (including phenoxy) is 1. The van der Waals surface area contributed by atoms with Crippen LogP contribution < -0.4 is 10.2 Å². The van der Waals surface area contributed by atoms with Crippen molar-refractivity contribution in [3.63, 3.8) is 0 Å².